The Hall–Kier alpha value is -1.16. The summed E-state index contributed by atoms with van der Waals surface area (Å²) >= 11 is 1.77. The molecular weight excluding hydrogens is 264 g/mol. The van der Waals surface area contributed by atoms with Crippen LogP contribution in [0.2, 0.25) is 0 Å². The van der Waals surface area contributed by atoms with E-state index in [4.69, 9.17) is 5.73 Å². The van der Waals surface area contributed by atoms with Gasteiger partial charge in [-0.15, -0.1) is 0 Å². The summed E-state index contributed by atoms with van der Waals surface area (Å²) in [6, 6.07) is 12.1. The van der Waals surface area contributed by atoms with Crippen molar-refractivity contribution >= 4 is 11.3 Å². The van der Waals surface area contributed by atoms with Gasteiger partial charge in [-0.25, -0.2) is 0 Å². The van der Waals surface area contributed by atoms with Gasteiger partial charge >= 0.3 is 0 Å². The van der Waals surface area contributed by atoms with Crippen molar-refractivity contribution in [1.29, 1.82) is 0 Å². The van der Waals surface area contributed by atoms with Gasteiger partial charge in [-0.3, -0.25) is 4.90 Å². The average Bonchev–Trinajstić information content (AvgIpc) is 3.18. The molecule has 0 aliphatic heterocycles. The van der Waals surface area contributed by atoms with Gasteiger partial charge in [-0.1, -0.05) is 29.8 Å². The molecule has 1 fully saturated rings. The van der Waals surface area contributed by atoms with E-state index >= 15 is 0 Å². The molecule has 0 amide bonds. The highest BCUT2D eigenvalue weighted by molar-refractivity contribution is 7.07. The van der Waals surface area contributed by atoms with Gasteiger partial charge in [0.25, 0.3) is 0 Å². The fourth-order valence-corrected chi connectivity index (χ4v) is 3.40. The topological polar surface area (TPSA) is 29.3 Å². The lowest BCUT2D eigenvalue weighted by molar-refractivity contribution is 0.182. The zero-order valence-corrected chi connectivity index (χ0v) is 12.8. The van der Waals surface area contributed by atoms with E-state index in [1.165, 1.54) is 29.5 Å². The van der Waals surface area contributed by atoms with Crippen molar-refractivity contribution in [3.05, 3.63) is 57.8 Å². The van der Waals surface area contributed by atoms with Gasteiger partial charge in [-0.05, 0) is 47.7 Å². The van der Waals surface area contributed by atoms with Crippen molar-refractivity contribution in [1.82, 2.24) is 4.90 Å². The molecular formula is C17H22N2S. The molecule has 1 unspecified atom stereocenters. The van der Waals surface area contributed by atoms with Crippen molar-refractivity contribution in [2.24, 2.45) is 5.73 Å². The Morgan fingerprint density at radius 2 is 2.00 bits per heavy atom. The standard InChI is InChI=1S/C17H22N2S/c1-13-2-4-15(5-3-13)17(10-18)19(16-6-7-16)11-14-8-9-20-12-14/h2-5,8-9,12,16-17H,6-7,10-11,18H2,1H3. The fourth-order valence-electron chi connectivity index (χ4n) is 2.74. The van der Waals surface area contributed by atoms with E-state index in [2.05, 4.69) is 52.9 Å². The zero-order chi connectivity index (χ0) is 13.9. The second kappa shape index (κ2) is 6.08. The first-order chi connectivity index (χ1) is 9.78. The van der Waals surface area contributed by atoms with Crippen molar-refractivity contribution < 1.29 is 0 Å². The molecule has 3 heteroatoms. The summed E-state index contributed by atoms with van der Waals surface area (Å²) in [5.74, 6) is 0. The summed E-state index contributed by atoms with van der Waals surface area (Å²) in [4.78, 5) is 2.59. The smallest absolute Gasteiger partial charge is 0.0476 e. The van der Waals surface area contributed by atoms with Crippen molar-refractivity contribution in [2.45, 2.75) is 38.4 Å². The highest BCUT2D eigenvalue weighted by Crippen LogP contribution is 2.35. The maximum absolute atomic E-state index is 6.10. The molecule has 0 saturated heterocycles. The third-order valence-corrected chi connectivity index (χ3v) is 4.78. The summed E-state index contributed by atoms with van der Waals surface area (Å²) < 4.78 is 0. The molecule has 1 aromatic carbocycles. The van der Waals surface area contributed by atoms with Crippen molar-refractivity contribution in [3.63, 3.8) is 0 Å². The van der Waals surface area contributed by atoms with Crippen LogP contribution in [0.3, 0.4) is 0 Å². The molecule has 1 saturated carbocycles. The van der Waals surface area contributed by atoms with Gasteiger partial charge in [0.1, 0.15) is 0 Å². The van der Waals surface area contributed by atoms with Gasteiger partial charge < -0.3 is 5.73 Å². The second-order valence-electron chi connectivity index (χ2n) is 5.70. The van der Waals surface area contributed by atoms with E-state index in [0.29, 0.717) is 18.6 Å². The minimum atomic E-state index is 0.336. The number of hydrogen-bond acceptors (Lipinski definition) is 3. The van der Waals surface area contributed by atoms with Crippen LogP contribution in [0.5, 0.6) is 0 Å². The third-order valence-electron chi connectivity index (χ3n) is 4.05. The molecule has 0 bridgehead atoms. The number of rotatable bonds is 6. The van der Waals surface area contributed by atoms with Crippen LogP contribution in [-0.4, -0.2) is 17.5 Å². The molecule has 1 atom stereocenters. The Morgan fingerprint density at radius 1 is 1.25 bits per heavy atom. The third kappa shape index (κ3) is 3.11. The van der Waals surface area contributed by atoms with Gasteiger partial charge in [0.05, 0.1) is 0 Å². The van der Waals surface area contributed by atoms with Crippen LogP contribution in [0, 0.1) is 6.92 Å². The van der Waals surface area contributed by atoms with E-state index in [1.807, 2.05) is 0 Å². The number of nitrogens with two attached hydrogens (primary N) is 1. The van der Waals surface area contributed by atoms with Gasteiger partial charge in [-0.2, -0.15) is 11.3 Å². The maximum atomic E-state index is 6.10. The number of nitrogens with zero attached hydrogens (tertiary/aromatic N) is 1. The quantitative estimate of drug-likeness (QED) is 0.877. The summed E-state index contributed by atoms with van der Waals surface area (Å²) in [6.45, 7) is 3.83. The predicted molar refractivity (Wildman–Crippen MR) is 85.9 cm³/mol. The monoisotopic (exact) mass is 286 g/mol. The van der Waals surface area contributed by atoms with Crippen LogP contribution in [0.25, 0.3) is 0 Å². The number of aryl methyl sites for hydroxylation is 1. The summed E-state index contributed by atoms with van der Waals surface area (Å²) in [5, 5.41) is 4.40. The van der Waals surface area contributed by atoms with Crippen LogP contribution >= 0.6 is 11.3 Å². The molecule has 106 valence electrons. The van der Waals surface area contributed by atoms with Crippen molar-refractivity contribution in [3.8, 4) is 0 Å². The Morgan fingerprint density at radius 3 is 2.55 bits per heavy atom. The lowest BCUT2D eigenvalue weighted by Crippen LogP contribution is -2.35. The van der Waals surface area contributed by atoms with Gasteiger partial charge in [0, 0.05) is 25.2 Å². The zero-order valence-electron chi connectivity index (χ0n) is 12.0. The largest absolute Gasteiger partial charge is 0.329 e. The summed E-state index contributed by atoms with van der Waals surface area (Å²) in [7, 11) is 0. The van der Waals surface area contributed by atoms with E-state index in [1.54, 1.807) is 11.3 Å². The SMILES string of the molecule is Cc1ccc(C(CN)N(Cc2ccsc2)C2CC2)cc1. The number of hydrogen-bond donors (Lipinski definition) is 1. The van der Waals surface area contributed by atoms with Crippen LogP contribution in [0.4, 0.5) is 0 Å². The molecule has 2 N–H and O–H groups in total. The van der Waals surface area contributed by atoms with Crippen LogP contribution in [-0.2, 0) is 6.54 Å². The predicted octanol–water partition coefficient (Wildman–Crippen LogP) is 3.72. The summed E-state index contributed by atoms with van der Waals surface area (Å²) in [6.07, 6.45) is 2.62. The Kier molecular flexibility index (Phi) is 4.20. The highest BCUT2D eigenvalue weighted by atomic mass is 32.1. The molecule has 1 aromatic heterocycles. The van der Waals surface area contributed by atoms with Crippen LogP contribution in [0.1, 0.15) is 35.6 Å². The Labute approximate surface area is 125 Å². The minimum absolute atomic E-state index is 0.336. The average molecular weight is 286 g/mol. The molecule has 0 spiro atoms. The molecule has 1 aliphatic rings. The highest BCUT2D eigenvalue weighted by Gasteiger charge is 2.34. The maximum Gasteiger partial charge on any atom is 0.0476 e. The first-order valence-electron chi connectivity index (χ1n) is 7.31. The normalized spacial score (nSPS) is 16.6. The van der Waals surface area contributed by atoms with Crippen LogP contribution in [0.15, 0.2) is 41.1 Å². The molecule has 1 heterocycles. The fraction of sp³-hybridized carbons (Fsp3) is 0.412. The minimum Gasteiger partial charge on any atom is -0.329 e. The van der Waals surface area contributed by atoms with Gasteiger partial charge in [0.2, 0.25) is 0 Å². The van der Waals surface area contributed by atoms with E-state index in [-0.39, 0.29) is 0 Å². The lowest BCUT2D eigenvalue weighted by Gasteiger charge is -2.31. The molecule has 1 aliphatic carbocycles. The first-order valence-corrected chi connectivity index (χ1v) is 8.25. The molecule has 0 radical (unpaired) electrons. The summed E-state index contributed by atoms with van der Waals surface area (Å²) in [5.41, 5.74) is 10.2. The lowest BCUT2D eigenvalue weighted by atomic mass is 10.0. The number of thiophene rings is 1. The van der Waals surface area contributed by atoms with Crippen LogP contribution < -0.4 is 5.73 Å². The Bertz CT molecular complexity index is 529. The van der Waals surface area contributed by atoms with E-state index in [0.717, 1.165) is 6.54 Å². The first kappa shape index (κ1) is 13.8. The van der Waals surface area contributed by atoms with E-state index in [9.17, 15) is 0 Å². The molecule has 20 heavy (non-hydrogen) atoms. The molecule has 2 nitrogen and oxygen atoms in total. The molecule has 2 aromatic rings. The number of benzene rings is 1. The molecule has 3 rings (SSSR count). The van der Waals surface area contributed by atoms with Crippen molar-refractivity contribution in [2.75, 3.05) is 6.54 Å². The second-order valence-corrected chi connectivity index (χ2v) is 6.48. The van der Waals surface area contributed by atoms with E-state index < -0.39 is 0 Å². The Balaban J connectivity index is 1.82. The van der Waals surface area contributed by atoms with Gasteiger partial charge in [0.15, 0.2) is 0 Å².